The largest absolute Gasteiger partial charge is 0.370 e. The molecule has 8 nitrogen and oxygen atoms in total. The molecule has 2 unspecified atom stereocenters. The highest BCUT2D eigenvalue weighted by Crippen LogP contribution is 2.33. The summed E-state index contributed by atoms with van der Waals surface area (Å²) in [4.78, 5) is 20.0. The van der Waals surface area contributed by atoms with Crippen molar-refractivity contribution in [2.75, 3.05) is 49.1 Å². The number of sulfonamides is 1. The normalized spacial score (nSPS) is 19.5. The van der Waals surface area contributed by atoms with E-state index in [1.54, 1.807) is 18.2 Å². The second-order valence-electron chi connectivity index (χ2n) is 11.7. The molecule has 220 valence electrons. The minimum atomic E-state index is -3.84. The van der Waals surface area contributed by atoms with Crippen LogP contribution in [0.3, 0.4) is 0 Å². The summed E-state index contributed by atoms with van der Waals surface area (Å²) in [5.41, 5.74) is 6.44. The number of primary sulfonamides is 1. The number of carbonyl (C=O) groups excluding carboxylic acids is 1. The number of nitrogens with zero attached hydrogens (tertiary/aromatic N) is 4. The van der Waals surface area contributed by atoms with Gasteiger partial charge in [0.2, 0.25) is 10.0 Å². The predicted molar refractivity (Wildman–Crippen MR) is 166 cm³/mol. The smallest absolute Gasteiger partial charge is 0.254 e. The molecule has 0 aromatic heterocycles. The van der Waals surface area contributed by atoms with Crippen molar-refractivity contribution in [3.8, 4) is 6.07 Å². The zero-order valence-corrected chi connectivity index (χ0v) is 25.4. The number of amides is 1. The van der Waals surface area contributed by atoms with Crippen LogP contribution in [0.25, 0.3) is 0 Å². The van der Waals surface area contributed by atoms with Gasteiger partial charge in [0.25, 0.3) is 5.91 Å². The zero-order valence-electron chi connectivity index (χ0n) is 24.6. The van der Waals surface area contributed by atoms with Gasteiger partial charge < -0.3 is 14.7 Å². The van der Waals surface area contributed by atoms with Gasteiger partial charge in [-0.05, 0) is 85.5 Å². The number of hydrogen-bond donors (Lipinski definition) is 1. The third kappa shape index (κ3) is 6.15. The SMILES string of the molecule is Cc1cc(C)c(C(=O)N2CCN(c3ccccc3S(N)(=O)=O)CC2)cc1CC1CCN(c2ccccc2C#N)CC1C. The summed E-state index contributed by atoms with van der Waals surface area (Å²) in [6, 6.07) is 21.1. The predicted octanol–water partition coefficient (Wildman–Crippen LogP) is 4.49. The van der Waals surface area contributed by atoms with Crippen LogP contribution < -0.4 is 14.9 Å². The van der Waals surface area contributed by atoms with Crippen molar-refractivity contribution in [1.29, 1.82) is 5.26 Å². The molecule has 42 heavy (non-hydrogen) atoms. The molecule has 0 spiro atoms. The van der Waals surface area contributed by atoms with Crippen molar-refractivity contribution in [3.05, 3.63) is 88.5 Å². The number of para-hydroxylation sites is 2. The molecule has 2 aliphatic rings. The summed E-state index contributed by atoms with van der Waals surface area (Å²) in [7, 11) is -3.84. The number of aryl methyl sites for hydroxylation is 2. The first-order valence-electron chi connectivity index (χ1n) is 14.6. The van der Waals surface area contributed by atoms with E-state index in [0.29, 0.717) is 43.7 Å². The van der Waals surface area contributed by atoms with Gasteiger partial charge >= 0.3 is 0 Å². The maximum atomic E-state index is 13.7. The Morgan fingerprint density at radius 1 is 0.929 bits per heavy atom. The maximum absolute atomic E-state index is 13.7. The van der Waals surface area contributed by atoms with Crippen LogP contribution in [-0.4, -0.2) is 58.5 Å². The monoisotopic (exact) mass is 585 g/mol. The Bertz CT molecular complexity index is 1620. The van der Waals surface area contributed by atoms with Crippen LogP contribution in [0.1, 0.15) is 46.0 Å². The van der Waals surface area contributed by atoms with Gasteiger partial charge in [0.1, 0.15) is 11.0 Å². The van der Waals surface area contributed by atoms with Crippen LogP contribution in [-0.2, 0) is 16.4 Å². The van der Waals surface area contributed by atoms with Gasteiger partial charge in [-0.2, -0.15) is 5.26 Å². The molecule has 0 saturated carbocycles. The molecule has 2 aliphatic heterocycles. The van der Waals surface area contributed by atoms with E-state index in [-0.39, 0.29) is 10.8 Å². The number of piperazine rings is 1. The van der Waals surface area contributed by atoms with Gasteiger partial charge in [-0.25, -0.2) is 13.6 Å². The highest BCUT2D eigenvalue weighted by molar-refractivity contribution is 7.89. The number of hydrogen-bond acceptors (Lipinski definition) is 6. The molecule has 2 fully saturated rings. The second-order valence-corrected chi connectivity index (χ2v) is 13.2. The zero-order chi connectivity index (χ0) is 30.0. The van der Waals surface area contributed by atoms with Gasteiger partial charge in [-0.3, -0.25) is 4.79 Å². The molecule has 0 radical (unpaired) electrons. The molecule has 2 N–H and O–H groups in total. The fourth-order valence-electron chi connectivity index (χ4n) is 6.47. The minimum Gasteiger partial charge on any atom is -0.370 e. The summed E-state index contributed by atoms with van der Waals surface area (Å²) in [6.45, 7) is 10.3. The first-order valence-corrected chi connectivity index (χ1v) is 16.1. The van der Waals surface area contributed by atoms with E-state index in [1.165, 1.54) is 17.2 Å². The first-order chi connectivity index (χ1) is 20.1. The Morgan fingerprint density at radius 2 is 1.60 bits per heavy atom. The van der Waals surface area contributed by atoms with Crippen LogP contribution in [0, 0.1) is 37.0 Å². The van der Waals surface area contributed by atoms with Gasteiger partial charge in [-0.15, -0.1) is 0 Å². The molecule has 0 aliphatic carbocycles. The number of benzene rings is 3. The van der Waals surface area contributed by atoms with Gasteiger partial charge in [0.05, 0.1) is 16.9 Å². The molecular weight excluding hydrogens is 546 g/mol. The lowest BCUT2D eigenvalue weighted by Crippen LogP contribution is -2.49. The lowest BCUT2D eigenvalue weighted by atomic mass is 9.80. The standard InChI is InChI=1S/C33H39N5O3S/c1-23-18-24(2)29(33(39)37-16-14-36(15-17-37)31-10-6-7-11-32(31)42(35,40)41)20-28(23)19-26-12-13-38(22-25(26)3)30-9-5-4-8-27(30)21-34/h4-11,18,20,25-26H,12-17,19,22H2,1-3H3,(H2,35,40,41). The van der Waals surface area contributed by atoms with Crippen LogP contribution >= 0.6 is 0 Å². The molecule has 2 atom stereocenters. The maximum Gasteiger partial charge on any atom is 0.254 e. The summed E-state index contributed by atoms with van der Waals surface area (Å²) < 4.78 is 24.2. The molecule has 3 aromatic rings. The Kier molecular flexibility index (Phi) is 8.58. The number of nitriles is 1. The van der Waals surface area contributed by atoms with E-state index in [2.05, 4.69) is 36.9 Å². The van der Waals surface area contributed by atoms with Crippen molar-refractivity contribution < 1.29 is 13.2 Å². The second kappa shape index (κ2) is 12.2. The fourth-order valence-corrected chi connectivity index (χ4v) is 7.23. The van der Waals surface area contributed by atoms with E-state index in [1.807, 2.05) is 41.0 Å². The third-order valence-electron chi connectivity index (χ3n) is 8.92. The Hall–Kier alpha value is -3.87. The minimum absolute atomic E-state index is 0.0177. The van der Waals surface area contributed by atoms with Gasteiger partial charge in [-0.1, -0.05) is 37.3 Å². The average molecular weight is 586 g/mol. The fraction of sp³-hybridized carbons (Fsp3) is 0.394. The van der Waals surface area contributed by atoms with Crippen molar-refractivity contribution in [2.45, 2.75) is 38.5 Å². The summed E-state index contributed by atoms with van der Waals surface area (Å²) in [5.74, 6) is 0.949. The quantitative estimate of drug-likeness (QED) is 0.457. The molecular formula is C33H39N5O3S. The molecule has 3 aromatic carbocycles. The van der Waals surface area contributed by atoms with E-state index < -0.39 is 10.0 Å². The van der Waals surface area contributed by atoms with Crippen molar-refractivity contribution in [3.63, 3.8) is 0 Å². The molecule has 9 heteroatoms. The Balaban J connectivity index is 1.26. The van der Waals surface area contributed by atoms with Crippen LogP contribution in [0.4, 0.5) is 11.4 Å². The average Bonchev–Trinajstić information content (AvgIpc) is 2.98. The van der Waals surface area contributed by atoms with Gasteiger partial charge in [0, 0.05) is 44.8 Å². The van der Waals surface area contributed by atoms with E-state index in [0.717, 1.165) is 48.3 Å². The number of piperidine rings is 1. The number of anilines is 2. The van der Waals surface area contributed by atoms with Crippen LogP contribution in [0.5, 0.6) is 0 Å². The number of nitrogens with two attached hydrogens (primary N) is 1. The molecule has 0 bridgehead atoms. The third-order valence-corrected chi connectivity index (χ3v) is 9.88. The highest BCUT2D eigenvalue weighted by Gasteiger charge is 2.30. The highest BCUT2D eigenvalue weighted by atomic mass is 32.2. The van der Waals surface area contributed by atoms with Crippen molar-refractivity contribution in [1.82, 2.24) is 4.90 Å². The van der Waals surface area contributed by atoms with E-state index in [9.17, 15) is 18.5 Å². The summed E-state index contributed by atoms with van der Waals surface area (Å²) in [6.07, 6.45) is 1.94. The number of carbonyl (C=O) groups is 1. The molecule has 1 amide bonds. The molecule has 2 heterocycles. The Morgan fingerprint density at radius 3 is 2.26 bits per heavy atom. The van der Waals surface area contributed by atoms with E-state index in [4.69, 9.17) is 5.14 Å². The van der Waals surface area contributed by atoms with Gasteiger partial charge in [0.15, 0.2) is 0 Å². The summed E-state index contributed by atoms with van der Waals surface area (Å²) >= 11 is 0. The summed E-state index contributed by atoms with van der Waals surface area (Å²) in [5, 5.41) is 15.0. The first kappa shape index (κ1) is 29.6. The Labute approximate surface area is 249 Å². The lowest BCUT2D eigenvalue weighted by molar-refractivity contribution is 0.0745. The van der Waals surface area contributed by atoms with Crippen molar-refractivity contribution >= 4 is 27.3 Å². The van der Waals surface area contributed by atoms with E-state index >= 15 is 0 Å². The topological polar surface area (TPSA) is 111 Å². The van der Waals surface area contributed by atoms with Crippen LogP contribution in [0.2, 0.25) is 0 Å². The molecule has 2 saturated heterocycles. The van der Waals surface area contributed by atoms with Crippen LogP contribution in [0.15, 0.2) is 65.6 Å². The lowest BCUT2D eigenvalue weighted by Gasteiger charge is -2.39. The molecule has 5 rings (SSSR count). The van der Waals surface area contributed by atoms with Crippen molar-refractivity contribution in [2.24, 2.45) is 17.0 Å². The number of rotatable bonds is 6.